The van der Waals surface area contributed by atoms with Gasteiger partial charge in [-0.05, 0) is 55.3 Å². The molecule has 2 aromatic rings. The van der Waals surface area contributed by atoms with Gasteiger partial charge < -0.3 is 19.7 Å². The van der Waals surface area contributed by atoms with Crippen molar-refractivity contribution in [2.45, 2.75) is 19.4 Å². The minimum atomic E-state index is -0.523. The van der Waals surface area contributed by atoms with E-state index in [2.05, 4.69) is 11.9 Å². The van der Waals surface area contributed by atoms with E-state index in [9.17, 15) is 9.59 Å². The lowest BCUT2D eigenvalue weighted by molar-refractivity contribution is -0.125. The highest BCUT2D eigenvalue weighted by Gasteiger charge is 2.29. The van der Waals surface area contributed by atoms with Crippen LogP contribution < -0.4 is 19.7 Å². The number of anilines is 2. The number of benzene rings is 2. The molecule has 0 radical (unpaired) electrons. The number of allylic oxidation sites excluding steroid dienone is 1. The first-order chi connectivity index (χ1) is 12.9. The first kappa shape index (κ1) is 18.5. The smallest absolute Gasteiger partial charge is 0.267 e. The van der Waals surface area contributed by atoms with Crippen molar-refractivity contribution >= 4 is 23.2 Å². The minimum absolute atomic E-state index is 0.129. The normalized spacial score (nSPS) is 15.6. The molecule has 1 aliphatic heterocycles. The number of amides is 2. The molecule has 1 aliphatic rings. The Morgan fingerprint density at radius 3 is 2.81 bits per heavy atom. The van der Waals surface area contributed by atoms with E-state index in [-0.39, 0.29) is 11.8 Å². The van der Waals surface area contributed by atoms with Crippen molar-refractivity contribution in [2.75, 3.05) is 24.4 Å². The van der Waals surface area contributed by atoms with Crippen LogP contribution in [0.15, 0.2) is 49.1 Å². The molecule has 1 atom stereocenters. The van der Waals surface area contributed by atoms with Crippen molar-refractivity contribution in [1.29, 1.82) is 0 Å². The van der Waals surface area contributed by atoms with Crippen molar-refractivity contribution in [3.63, 3.8) is 0 Å². The zero-order valence-electron chi connectivity index (χ0n) is 15.6. The summed E-state index contributed by atoms with van der Waals surface area (Å²) in [6, 6.07) is 10.5. The van der Waals surface area contributed by atoms with Gasteiger partial charge in [0.05, 0.1) is 12.8 Å². The maximum atomic E-state index is 12.6. The van der Waals surface area contributed by atoms with Crippen molar-refractivity contribution in [2.24, 2.45) is 0 Å². The fourth-order valence-electron chi connectivity index (χ4n) is 3.03. The van der Waals surface area contributed by atoms with Gasteiger partial charge in [-0.1, -0.05) is 6.08 Å². The molecule has 6 nitrogen and oxygen atoms in total. The van der Waals surface area contributed by atoms with Crippen LogP contribution in [0.2, 0.25) is 0 Å². The number of carbonyl (C=O) groups excluding carboxylic acids is 2. The number of hydrogen-bond acceptors (Lipinski definition) is 4. The summed E-state index contributed by atoms with van der Waals surface area (Å²) in [6.07, 6.45) is 1.84. The molecule has 27 heavy (non-hydrogen) atoms. The van der Waals surface area contributed by atoms with E-state index in [1.165, 1.54) is 4.90 Å². The highest BCUT2D eigenvalue weighted by molar-refractivity contribution is 6.05. The van der Waals surface area contributed by atoms with Crippen LogP contribution in [0.1, 0.15) is 22.8 Å². The van der Waals surface area contributed by atoms with Gasteiger partial charge >= 0.3 is 0 Å². The van der Waals surface area contributed by atoms with Crippen LogP contribution in [-0.2, 0) is 11.2 Å². The number of rotatable bonds is 5. The summed E-state index contributed by atoms with van der Waals surface area (Å²) in [5.74, 6) is 0.948. The van der Waals surface area contributed by atoms with E-state index in [4.69, 9.17) is 9.47 Å². The predicted octanol–water partition coefficient (Wildman–Crippen LogP) is 3.42. The lowest BCUT2D eigenvalue weighted by Crippen LogP contribution is -2.41. The summed E-state index contributed by atoms with van der Waals surface area (Å²) in [5, 5.41) is 2.86. The highest BCUT2D eigenvalue weighted by Crippen LogP contribution is 2.35. The highest BCUT2D eigenvalue weighted by atomic mass is 16.5. The summed E-state index contributed by atoms with van der Waals surface area (Å²) in [4.78, 5) is 26.3. The Kier molecular flexibility index (Phi) is 5.16. The minimum Gasteiger partial charge on any atom is -0.496 e. The van der Waals surface area contributed by atoms with E-state index in [1.54, 1.807) is 63.6 Å². The molecule has 1 N–H and O–H groups in total. The Hall–Kier alpha value is -3.28. The number of likely N-dealkylation sites (N-methyl/N-ethyl adjacent to an activating group) is 1. The number of carbonyl (C=O) groups is 2. The number of methoxy groups -OCH3 is 1. The van der Waals surface area contributed by atoms with E-state index >= 15 is 0 Å². The SMILES string of the molecule is C=CCc1cc(C(=O)Nc2ccc3c(c2)N(C)C(=O)C(C)O3)ccc1OC. The third-order valence-electron chi connectivity index (χ3n) is 4.47. The molecule has 0 fully saturated rings. The maximum absolute atomic E-state index is 12.6. The molecule has 0 saturated heterocycles. The van der Waals surface area contributed by atoms with Gasteiger partial charge in [-0.2, -0.15) is 0 Å². The van der Waals surface area contributed by atoms with Gasteiger partial charge in [0.25, 0.3) is 11.8 Å². The summed E-state index contributed by atoms with van der Waals surface area (Å²) in [5.41, 5.74) is 2.61. The monoisotopic (exact) mass is 366 g/mol. The van der Waals surface area contributed by atoms with Gasteiger partial charge in [0.2, 0.25) is 0 Å². The van der Waals surface area contributed by atoms with Crippen molar-refractivity contribution < 1.29 is 19.1 Å². The molecular formula is C21H22N2O4. The molecule has 2 amide bonds. The third-order valence-corrected chi connectivity index (χ3v) is 4.47. The second-order valence-corrected chi connectivity index (χ2v) is 6.31. The second-order valence-electron chi connectivity index (χ2n) is 6.31. The molecule has 0 spiro atoms. The molecule has 1 heterocycles. The van der Waals surface area contributed by atoms with E-state index in [1.807, 2.05) is 0 Å². The largest absolute Gasteiger partial charge is 0.496 e. The van der Waals surface area contributed by atoms with Gasteiger partial charge in [0.15, 0.2) is 6.10 Å². The van der Waals surface area contributed by atoms with E-state index in [0.29, 0.717) is 34.9 Å². The topological polar surface area (TPSA) is 67.9 Å². The third kappa shape index (κ3) is 3.65. The number of hydrogen-bond donors (Lipinski definition) is 1. The molecule has 2 aromatic carbocycles. The van der Waals surface area contributed by atoms with Crippen LogP contribution in [0.3, 0.4) is 0 Å². The van der Waals surface area contributed by atoms with Crippen LogP contribution in [0.25, 0.3) is 0 Å². The first-order valence-electron chi connectivity index (χ1n) is 8.62. The Bertz CT molecular complexity index is 907. The predicted molar refractivity (Wildman–Crippen MR) is 105 cm³/mol. The summed E-state index contributed by atoms with van der Waals surface area (Å²) < 4.78 is 10.9. The van der Waals surface area contributed by atoms with Crippen molar-refractivity contribution in [1.82, 2.24) is 0 Å². The molecule has 0 saturated carbocycles. The molecular weight excluding hydrogens is 344 g/mol. The lowest BCUT2D eigenvalue weighted by Gasteiger charge is -2.30. The molecule has 140 valence electrons. The Labute approximate surface area is 158 Å². The van der Waals surface area contributed by atoms with Crippen molar-refractivity contribution in [3.8, 4) is 11.5 Å². The van der Waals surface area contributed by atoms with Crippen LogP contribution in [0.5, 0.6) is 11.5 Å². The zero-order chi connectivity index (χ0) is 19.6. The van der Waals surface area contributed by atoms with Crippen LogP contribution in [0, 0.1) is 0 Å². The number of fused-ring (bicyclic) bond motifs is 1. The van der Waals surface area contributed by atoms with Crippen molar-refractivity contribution in [3.05, 3.63) is 60.2 Å². The number of nitrogens with one attached hydrogen (secondary N) is 1. The number of nitrogens with zero attached hydrogens (tertiary/aromatic N) is 1. The van der Waals surface area contributed by atoms with Crippen LogP contribution in [0.4, 0.5) is 11.4 Å². The standard InChI is InChI=1S/C21H22N2O4/c1-5-6-14-11-15(7-9-18(14)26-4)20(24)22-16-8-10-19-17(12-16)23(3)21(25)13(2)27-19/h5,7-13H,1,6H2,2-4H3,(H,22,24). The Morgan fingerprint density at radius 1 is 1.33 bits per heavy atom. The average Bonchev–Trinajstić information content (AvgIpc) is 2.67. The Balaban J connectivity index is 1.84. The molecule has 0 bridgehead atoms. The van der Waals surface area contributed by atoms with Crippen LogP contribution >= 0.6 is 0 Å². The Morgan fingerprint density at radius 2 is 2.11 bits per heavy atom. The molecule has 0 aliphatic carbocycles. The van der Waals surface area contributed by atoms with E-state index in [0.717, 1.165) is 5.56 Å². The van der Waals surface area contributed by atoms with Gasteiger partial charge in [0, 0.05) is 18.3 Å². The molecule has 3 rings (SSSR count). The first-order valence-corrected chi connectivity index (χ1v) is 8.62. The fraction of sp³-hybridized carbons (Fsp3) is 0.238. The van der Waals surface area contributed by atoms with E-state index < -0.39 is 6.10 Å². The van der Waals surface area contributed by atoms with Gasteiger partial charge in [-0.15, -0.1) is 6.58 Å². The quantitative estimate of drug-likeness (QED) is 0.824. The van der Waals surface area contributed by atoms with Gasteiger partial charge in [-0.25, -0.2) is 0 Å². The molecule has 1 unspecified atom stereocenters. The maximum Gasteiger partial charge on any atom is 0.267 e. The average molecular weight is 366 g/mol. The zero-order valence-corrected chi connectivity index (χ0v) is 15.6. The summed E-state index contributed by atoms with van der Waals surface area (Å²) in [6.45, 7) is 5.44. The second kappa shape index (κ2) is 7.53. The summed E-state index contributed by atoms with van der Waals surface area (Å²) in [7, 11) is 3.28. The fourth-order valence-corrected chi connectivity index (χ4v) is 3.03. The molecule has 0 aromatic heterocycles. The van der Waals surface area contributed by atoms with Crippen LogP contribution in [-0.4, -0.2) is 32.1 Å². The van der Waals surface area contributed by atoms with Gasteiger partial charge in [0.1, 0.15) is 11.5 Å². The van der Waals surface area contributed by atoms with Gasteiger partial charge in [-0.3, -0.25) is 9.59 Å². The lowest BCUT2D eigenvalue weighted by atomic mass is 10.1. The molecule has 6 heteroatoms. The summed E-state index contributed by atoms with van der Waals surface area (Å²) >= 11 is 0. The number of ether oxygens (including phenoxy) is 2.